The van der Waals surface area contributed by atoms with Crippen LogP contribution >= 0.6 is 11.8 Å². The van der Waals surface area contributed by atoms with Gasteiger partial charge < -0.3 is 14.6 Å². The van der Waals surface area contributed by atoms with Crippen molar-refractivity contribution in [3.63, 3.8) is 0 Å². The summed E-state index contributed by atoms with van der Waals surface area (Å²) in [7, 11) is 5.66. The second-order valence-corrected chi connectivity index (χ2v) is 7.06. The third-order valence-corrected chi connectivity index (χ3v) is 4.56. The summed E-state index contributed by atoms with van der Waals surface area (Å²) in [4.78, 5) is 16.1. The Balaban J connectivity index is 1.85. The van der Waals surface area contributed by atoms with E-state index in [9.17, 15) is 10.1 Å². The van der Waals surface area contributed by atoms with E-state index in [2.05, 4.69) is 47.5 Å². The van der Waals surface area contributed by atoms with E-state index in [1.165, 1.54) is 5.56 Å². The van der Waals surface area contributed by atoms with Gasteiger partial charge in [-0.1, -0.05) is 12.1 Å². The molecule has 0 unspecified atom stereocenters. The average Bonchev–Trinajstić information content (AvgIpc) is 2.95. The summed E-state index contributed by atoms with van der Waals surface area (Å²) in [5, 5.41) is 15.8. The van der Waals surface area contributed by atoms with Crippen molar-refractivity contribution in [3.8, 4) is 0 Å². The molecule has 1 N–H and O–H groups in total. The van der Waals surface area contributed by atoms with Crippen LogP contribution in [0.1, 0.15) is 11.3 Å². The zero-order valence-corrected chi connectivity index (χ0v) is 15.6. The Labute approximate surface area is 151 Å². The maximum atomic E-state index is 10.5. The number of thioether (sulfide) groups is 1. The van der Waals surface area contributed by atoms with Gasteiger partial charge in [-0.15, -0.1) is 0 Å². The van der Waals surface area contributed by atoms with Crippen LogP contribution in [0.15, 0.2) is 33.9 Å². The number of nitrogens with zero attached hydrogens (tertiary/aromatic N) is 3. The molecule has 0 saturated carbocycles. The number of amidine groups is 1. The van der Waals surface area contributed by atoms with E-state index in [1.54, 1.807) is 25.1 Å². The zero-order valence-electron chi connectivity index (χ0n) is 14.8. The van der Waals surface area contributed by atoms with Gasteiger partial charge in [0.15, 0.2) is 5.84 Å². The smallest absolute Gasteiger partial charge is 0.259 e. The molecule has 7 nitrogen and oxygen atoms in total. The first-order chi connectivity index (χ1) is 12.0. The highest BCUT2D eigenvalue weighted by Gasteiger charge is 2.09. The van der Waals surface area contributed by atoms with E-state index in [0.717, 1.165) is 34.6 Å². The van der Waals surface area contributed by atoms with Gasteiger partial charge >= 0.3 is 0 Å². The first kappa shape index (κ1) is 19.3. The molecule has 25 heavy (non-hydrogen) atoms. The molecule has 0 fully saturated rings. The van der Waals surface area contributed by atoms with Crippen molar-refractivity contribution in [2.75, 3.05) is 40.0 Å². The summed E-state index contributed by atoms with van der Waals surface area (Å²) in [5.41, 5.74) is 1.26. The van der Waals surface area contributed by atoms with E-state index < -0.39 is 0 Å². The number of aliphatic imine (C=N–C) groups is 1. The molecular weight excluding hydrogens is 340 g/mol. The number of nitrogens with one attached hydrogen (secondary N) is 1. The SMILES string of the molecule is CN=C(C[N+](=O)[O-])NCCSCc1occ2ccc(CN(C)C)cc12. The number of furan rings is 1. The lowest BCUT2D eigenvalue weighted by Gasteiger charge is -2.09. The number of rotatable bonds is 9. The number of hydrogen-bond donors (Lipinski definition) is 1. The molecule has 1 aromatic heterocycles. The number of benzene rings is 1. The monoisotopic (exact) mass is 364 g/mol. The third kappa shape index (κ3) is 6.06. The highest BCUT2D eigenvalue weighted by molar-refractivity contribution is 7.98. The van der Waals surface area contributed by atoms with Crippen LogP contribution < -0.4 is 5.32 Å². The fourth-order valence-electron chi connectivity index (χ4n) is 2.48. The van der Waals surface area contributed by atoms with E-state index in [1.807, 2.05) is 0 Å². The first-order valence-electron chi connectivity index (χ1n) is 8.02. The molecule has 8 heteroatoms. The second kappa shape index (κ2) is 9.43. The van der Waals surface area contributed by atoms with Gasteiger partial charge in [0.1, 0.15) is 5.76 Å². The molecule has 0 saturated heterocycles. The summed E-state index contributed by atoms with van der Waals surface area (Å²) in [5.74, 6) is 2.96. The summed E-state index contributed by atoms with van der Waals surface area (Å²) in [6.45, 7) is 1.27. The molecule has 0 aliphatic carbocycles. The van der Waals surface area contributed by atoms with Crippen LogP contribution in [-0.2, 0) is 12.3 Å². The van der Waals surface area contributed by atoms with Crippen LogP contribution in [0.3, 0.4) is 0 Å². The van der Waals surface area contributed by atoms with Crippen LogP contribution in [-0.4, -0.2) is 55.6 Å². The Kier molecular flexibility index (Phi) is 7.27. The molecule has 1 heterocycles. The average molecular weight is 364 g/mol. The van der Waals surface area contributed by atoms with E-state index >= 15 is 0 Å². The molecule has 0 aliphatic heterocycles. The highest BCUT2D eigenvalue weighted by Crippen LogP contribution is 2.26. The minimum atomic E-state index is -0.386. The first-order valence-corrected chi connectivity index (χ1v) is 9.18. The van der Waals surface area contributed by atoms with Crippen molar-refractivity contribution in [1.29, 1.82) is 0 Å². The van der Waals surface area contributed by atoms with Gasteiger partial charge in [0, 0.05) is 41.6 Å². The van der Waals surface area contributed by atoms with Crippen molar-refractivity contribution in [1.82, 2.24) is 10.2 Å². The van der Waals surface area contributed by atoms with Gasteiger partial charge in [0.25, 0.3) is 6.54 Å². The zero-order chi connectivity index (χ0) is 18.2. The third-order valence-electron chi connectivity index (χ3n) is 3.60. The summed E-state index contributed by atoms with van der Waals surface area (Å²) in [6.07, 6.45) is 1.79. The minimum Gasteiger partial charge on any atom is -0.467 e. The predicted molar refractivity (Wildman–Crippen MR) is 103 cm³/mol. The largest absolute Gasteiger partial charge is 0.467 e. The van der Waals surface area contributed by atoms with Crippen molar-refractivity contribution >= 4 is 28.4 Å². The number of nitro groups is 1. The Morgan fingerprint density at radius 1 is 1.44 bits per heavy atom. The lowest BCUT2D eigenvalue weighted by Crippen LogP contribution is -2.31. The maximum absolute atomic E-state index is 10.5. The second-order valence-electron chi connectivity index (χ2n) is 5.96. The van der Waals surface area contributed by atoms with Crippen LogP contribution in [0.4, 0.5) is 0 Å². The highest BCUT2D eigenvalue weighted by atomic mass is 32.2. The lowest BCUT2D eigenvalue weighted by molar-refractivity contribution is -0.463. The van der Waals surface area contributed by atoms with Gasteiger partial charge in [-0.25, -0.2) is 0 Å². The molecule has 136 valence electrons. The molecular formula is C17H24N4O3S. The molecule has 2 rings (SSSR count). The van der Waals surface area contributed by atoms with Gasteiger partial charge in [-0.3, -0.25) is 15.1 Å². The fraction of sp³-hybridized carbons (Fsp3) is 0.471. The Morgan fingerprint density at radius 3 is 2.92 bits per heavy atom. The van der Waals surface area contributed by atoms with Crippen LogP contribution in [0.5, 0.6) is 0 Å². The quantitative estimate of drug-likeness (QED) is 0.242. The van der Waals surface area contributed by atoms with Crippen molar-refractivity contribution in [2.45, 2.75) is 12.3 Å². The predicted octanol–water partition coefficient (Wildman–Crippen LogP) is 2.62. The van der Waals surface area contributed by atoms with Crippen molar-refractivity contribution < 1.29 is 9.34 Å². The van der Waals surface area contributed by atoms with Crippen molar-refractivity contribution in [2.24, 2.45) is 4.99 Å². The summed E-state index contributed by atoms with van der Waals surface area (Å²) in [6, 6.07) is 6.40. The van der Waals surface area contributed by atoms with Crippen LogP contribution in [0.25, 0.3) is 10.8 Å². The standard InChI is InChI=1S/C17H24N4O3S/c1-18-17(10-21(22)23)19-6-7-25-12-16-15-8-13(9-20(2)3)4-5-14(15)11-24-16/h4-5,8,11H,6-7,9-10,12H2,1-3H3,(H,18,19). The molecule has 0 bridgehead atoms. The van der Waals surface area contributed by atoms with E-state index in [4.69, 9.17) is 4.42 Å². The minimum absolute atomic E-state index is 0.265. The molecule has 0 amide bonds. The molecule has 0 spiro atoms. The number of fused-ring (bicyclic) bond motifs is 1. The normalized spacial score (nSPS) is 12.1. The lowest BCUT2D eigenvalue weighted by atomic mass is 10.1. The van der Waals surface area contributed by atoms with Crippen molar-refractivity contribution in [3.05, 3.63) is 45.9 Å². The Bertz CT molecular complexity index is 743. The van der Waals surface area contributed by atoms with Gasteiger partial charge in [0.2, 0.25) is 0 Å². The van der Waals surface area contributed by atoms with E-state index in [0.29, 0.717) is 12.4 Å². The Morgan fingerprint density at radius 2 is 2.24 bits per heavy atom. The topological polar surface area (TPSA) is 83.9 Å². The number of hydrogen-bond acceptors (Lipinski definition) is 6. The molecule has 0 atom stereocenters. The summed E-state index contributed by atoms with van der Waals surface area (Å²) < 4.78 is 5.71. The van der Waals surface area contributed by atoms with Crippen LogP contribution in [0.2, 0.25) is 0 Å². The molecule has 2 aromatic rings. The van der Waals surface area contributed by atoms with Crippen LogP contribution in [0, 0.1) is 10.1 Å². The molecule has 0 radical (unpaired) electrons. The Hall–Kier alpha value is -2.06. The fourth-order valence-corrected chi connectivity index (χ4v) is 3.28. The van der Waals surface area contributed by atoms with Gasteiger partial charge in [-0.05, 0) is 25.7 Å². The molecule has 1 aromatic carbocycles. The van der Waals surface area contributed by atoms with E-state index in [-0.39, 0.29) is 11.5 Å². The summed E-state index contributed by atoms with van der Waals surface area (Å²) >= 11 is 1.73. The molecule has 0 aliphatic rings. The van der Waals surface area contributed by atoms with Gasteiger partial charge in [-0.2, -0.15) is 11.8 Å². The van der Waals surface area contributed by atoms with Gasteiger partial charge in [0.05, 0.1) is 12.0 Å². The maximum Gasteiger partial charge on any atom is 0.259 e.